The maximum Gasteiger partial charge on any atom is 0.283 e. The smallest absolute Gasteiger partial charge is 0.283 e. The second-order valence-corrected chi connectivity index (χ2v) is 6.75. The van der Waals surface area contributed by atoms with Crippen molar-refractivity contribution in [3.63, 3.8) is 0 Å². The van der Waals surface area contributed by atoms with E-state index in [1.54, 1.807) is 27.7 Å². The topological polar surface area (TPSA) is 107 Å². The minimum absolute atomic E-state index is 0.186. The molecule has 0 spiro atoms. The van der Waals surface area contributed by atoms with Crippen LogP contribution in [0.5, 0.6) is 0 Å². The average molecular weight is 277 g/mol. The van der Waals surface area contributed by atoms with Crippen molar-refractivity contribution >= 4 is 16.0 Å². The fraction of sp³-hybridized carbons (Fsp3) is 0.700. The number of hydrogen-bond acceptors (Lipinski definition) is 4. The summed E-state index contributed by atoms with van der Waals surface area (Å²) >= 11 is 0. The van der Waals surface area contributed by atoms with Gasteiger partial charge in [-0.2, -0.15) is 8.42 Å². The van der Waals surface area contributed by atoms with Crippen LogP contribution in [0.4, 0.5) is 0 Å². The van der Waals surface area contributed by atoms with E-state index in [0.29, 0.717) is 0 Å². The molecule has 0 aromatic carbocycles. The Bertz CT molecular complexity index is 492. The lowest BCUT2D eigenvalue weighted by molar-refractivity contribution is -0.238. The quantitative estimate of drug-likeness (QED) is 0.711. The first-order valence-electron chi connectivity index (χ1n) is 5.32. The van der Waals surface area contributed by atoms with Crippen LogP contribution in [-0.2, 0) is 20.1 Å². The first-order chi connectivity index (χ1) is 7.88. The summed E-state index contributed by atoms with van der Waals surface area (Å²) in [5.41, 5.74) is -1.70. The van der Waals surface area contributed by atoms with Gasteiger partial charge in [0, 0.05) is 5.57 Å². The van der Waals surface area contributed by atoms with Crippen LogP contribution in [0.2, 0.25) is 0 Å². The van der Waals surface area contributed by atoms with Crippen molar-refractivity contribution < 1.29 is 23.0 Å². The molecule has 0 unspecified atom stereocenters. The highest BCUT2D eigenvalue weighted by Crippen LogP contribution is 2.38. The summed E-state index contributed by atoms with van der Waals surface area (Å²) in [6.07, 6.45) is 1.50. The Labute approximate surface area is 106 Å². The number of hydrogen-bond donors (Lipinski definition) is 2. The number of nitrogens with zero attached hydrogens (tertiary/aromatic N) is 1. The van der Waals surface area contributed by atoms with Crippen molar-refractivity contribution in [2.75, 3.05) is 5.88 Å². The van der Waals surface area contributed by atoms with Gasteiger partial charge in [-0.15, -0.1) is 10.3 Å². The molecule has 0 atom stereocenters. The molecule has 1 amide bonds. The highest BCUT2D eigenvalue weighted by Gasteiger charge is 2.48. The van der Waals surface area contributed by atoms with E-state index in [1.807, 2.05) is 0 Å². The van der Waals surface area contributed by atoms with Gasteiger partial charge in [-0.25, -0.2) is 0 Å². The standard InChI is InChI=1S/C10H17N2O5S/c1-9(2)5-7(10(3,4)12(9)14)8(13)11-6-18(15,16)17/h5H,6H2,1-4H3,(H,11,13)(H,15,16,17). The van der Waals surface area contributed by atoms with Gasteiger partial charge in [0.05, 0.1) is 11.1 Å². The van der Waals surface area contributed by atoms with Crippen molar-refractivity contribution in [3.8, 4) is 0 Å². The lowest BCUT2D eigenvalue weighted by atomic mass is 9.96. The summed E-state index contributed by atoms with van der Waals surface area (Å²) in [6.45, 7) is 6.47. The summed E-state index contributed by atoms with van der Waals surface area (Å²) in [4.78, 5) is 11.8. The highest BCUT2D eigenvalue weighted by molar-refractivity contribution is 7.85. The number of carbonyl (C=O) groups excluding carboxylic acids is 1. The summed E-state index contributed by atoms with van der Waals surface area (Å²) in [7, 11) is -4.28. The third-order valence-corrected chi connectivity index (χ3v) is 3.36. The number of nitrogens with one attached hydrogen (secondary N) is 1. The molecule has 1 rings (SSSR count). The Balaban J connectivity index is 2.93. The van der Waals surface area contributed by atoms with Crippen LogP contribution in [0.25, 0.3) is 0 Å². The van der Waals surface area contributed by atoms with E-state index in [-0.39, 0.29) is 5.57 Å². The molecule has 0 aromatic heterocycles. The van der Waals surface area contributed by atoms with Crippen molar-refractivity contribution in [1.82, 2.24) is 10.4 Å². The molecule has 0 saturated heterocycles. The Kier molecular flexibility index (Phi) is 3.61. The molecule has 1 aliphatic heterocycles. The van der Waals surface area contributed by atoms with Crippen molar-refractivity contribution in [1.29, 1.82) is 0 Å². The molecule has 0 saturated carbocycles. The maximum atomic E-state index is 12.0. The number of amides is 1. The summed E-state index contributed by atoms with van der Waals surface area (Å²) < 4.78 is 29.7. The van der Waals surface area contributed by atoms with Gasteiger partial charge >= 0.3 is 0 Å². The van der Waals surface area contributed by atoms with Crippen LogP contribution in [0.15, 0.2) is 11.6 Å². The molecule has 1 aliphatic rings. The molecule has 0 bridgehead atoms. The summed E-state index contributed by atoms with van der Waals surface area (Å²) in [6, 6.07) is 0. The van der Waals surface area contributed by atoms with Gasteiger partial charge in [-0.3, -0.25) is 9.35 Å². The largest absolute Gasteiger partial charge is 0.336 e. The maximum absolute atomic E-state index is 12.0. The second-order valence-electron chi connectivity index (χ2n) is 5.30. The number of carbonyl (C=O) groups is 1. The van der Waals surface area contributed by atoms with E-state index in [2.05, 4.69) is 5.32 Å². The van der Waals surface area contributed by atoms with Gasteiger partial charge < -0.3 is 5.32 Å². The monoisotopic (exact) mass is 277 g/mol. The van der Waals surface area contributed by atoms with Gasteiger partial charge in [0.1, 0.15) is 5.88 Å². The zero-order chi connectivity index (χ0) is 14.4. The van der Waals surface area contributed by atoms with Gasteiger partial charge in [0.15, 0.2) is 0 Å². The van der Waals surface area contributed by atoms with Crippen LogP contribution in [-0.4, -0.2) is 40.9 Å². The molecule has 7 nitrogen and oxygen atoms in total. The Morgan fingerprint density at radius 3 is 2.22 bits per heavy atom. The van der Waals surface area contributed by atoms with Gasteiger partial charge in [-0.05, 0) is 27.7 Å². The predicted octanol–water partition coefficient (Wildman–Crippen LogP) is 0.0926. The highest BCUT2D eigenvalue weighted by atomic mass is 32.2. The Morgan fingerprint density at radius 1 is 1.39 bits per heavy atom. The lowest BCUT2D eigenvalue weighted by Gasteiger charge is -2.33. The van der Waals surface area contributed by atoms with Crippen LogP contribution in [0.3, 0.4) is 0 Å². The molecular weight excluding hydrogens is 260 g/mol. The predicted molar refractivity (Wildman–Crippen MR) is 63.3 cm³/mol. The molecule has 0 aromatic rings. The molecule has 1 radical (unpaired) electrons. The first kappa shape index (κ1) is 15.1. The zero-order valence-electron chi connectivity index (χ0n) is 10.7. The lowest BCUT2D eigenvalue weighted by Crippen LogP contribution is -2.48. The molecule has 0 aliphatic carbocycles. The van der Waals surface area contributed by atoms with E-state index >= 15 is 0 Å². The Hall–Kier alpha value is -0.960. The molecule has 1 heterocycles. The normalized spacial score (nSPS) is 22.7. The molecular formula is C10H17N2O5S. The average Bonchev–Trinajstić information content (AvgIpc) is 2.34. The van der Waals surface area contributed by atoms with Crippen LogP contribution in [0.1, 0.15) is 27.7 Å². The Morgan fingerprint density at radius 2 is 1.89 bits per heavy atom. The second kappa shape index (κ2) is 4.30. The van der Waals surface area contributed by atoms with E-state index < -0.39 is 33.0 Å². The van der Waals surface area contributed by atoms with E-state index in [4.69, 9.17) is 4.55 Å². The van der Waals surface area contributed by atoms with Crippen LogP contribution < -0.4 is 5.32 Å². The van der Waals surface area contributed by atoms with Crippen molar-refractivity contribution in [3.05, 3.63) is 11.6 Å². The minimum atomic E-state index is -4.28. The molecule has 8 heteroatoms. The molecule has 2 N–H and O–H groups in total. The van der Waals surface area contributed by atoms with Crippen LogP contribution >= 0.6 is 0 Å². The first-order valence-corrected chi connectivity index (χ1v) is 6.93. The van der Waals surface area contributed by atoms with E-state index in [1.165, 1.54) is 6.08 Å². The van der Waals surface area contributed by atoms with Gasteiger partial charge in [0.2, 0.25) is 5.91 Å². The number of rotatable bonds is 3. The number of hydroxylamine groups is 2. The fourth-order valence-corrected chi connectivity index (χ4v) is 2.33. The SMILES string of the molecule is CC1(C)C=C(C(=O)NCS(=O)(=O)O)C(C)(C)N1[O]. The van der Waals surface area contributed by atoms with Crippen LogP contribution in [0, 0.1) is 0 Å². The zero-order valence-corrected chi connectivity index (χ0v) is 11.5. The minimum Gasteiger partial charge on any atom is -0.336 e. The fourth-order valence-electron chi connectivity index (χ4n) is 2.01. The molecule has 0 fully saturated rings. The molecule has 103 valence electrons. The molecule has 18 heavy (non-hydrogen) atoms. The van der Waals surface area contributed by atoms with Crippen molar-refractivity contribution in [2.24, 2.45) is 0 Å². The van der Waals surface area contributed by atoms with Crippen molar-refractivity contribution in [2.45, 2.75) is 38.8 Å². The van der Waals surface area contributed by atoms with Gasteiger partial charge in [-0.1, -0.05) is 6.08 Å². The van der Waals surface area contributed by atoms with Gasteiger partial charge in [0.25, 0.3) is 10.1 Å². The third kappa shape index (κ3) is 2.89. The van der Waals surface area contributed by atoms with E-state index in [0.717, 1.165) is 5.06 Å². The van der Waals surface area contributed by atoms with E-state index in [9.17, 15) is 18.4 Å². The summed E-state index contributed by atoms with van der Waals surface area (Å²) in [5, 5.41) is 14.8. The summed E-state index contributed by atoms with van der Waals surface area (Å²) in [5.74, 6) is -1.55. The third-order valence-electron chi connectivity index (χ3n) is 2.85.